The minimum absolute atomic E-state index is 0.697. The highest BCUT2D eigenvalue weighted by molar-refractivity contribution is 5.39. The van der Waals surface area contributed by atoms with Crippen LogP contribution in [0.3, 0.4) is 0 Å². The Kier molecular flexibility index (Phi) is 7.01. The molecule has 1 aliphatic rings. The number of anilines is 2. The van der Waals surface area contributed by atoms with Gasteiger partial charge in [-0.2, -0.15) is 4.98 Å². The van der Waals surface area contributed by atoms with Gasteiger partial charge in [0.05, 0.1) is 0 Å². The molecule has 0 fully saturated rings. The number of hydrogen-bond donors (Lipinski definition) is 2. The topological polar surface area (TPSA) is 59.1 Å². The highest BCUT2D eigenvalue weighted by Crippen LogP contribution is 2.19. The van der Waals surface area contributed by atoms with Crippen molar-refractivity contribution in [1.29, 1.82) is 0 Å². The first-order valence-electron chi connectivity index (χ1n) is 7.86. The zero-order chi connectivity index (χ0) is 14.8. The Bertz CT molecular complexity index is 448. The molecule has 1 heterocycles. The SMILES string of the molecule is COCCCNc1ccnc(NCCC2=CCCCC2)n1. The predicted octanol–water partition coefficient (Wildman–Crippen LogP) is 3.23. The average Bonchev–Trinajstić information content (AvgIpc) is 2.53. The summed E-state index contributed by atoms with van der Waals surface area (Å²) in [5.74, 6) is 1.56. The van der Waals surface area contributed by atoms with Crippen molar-refractivity contribution in [1.82, 2.24) is 9.97 Å². The third-order valence-corrected chi connectivity index (χ3v) is 3.60. The van der Waals surface area contributed by atoms with Crippen LogP contribution in [0.4, 0.5) is 11.8 Å². The largest absolute Gasteiger partial charge is 0.385 e. The summed E-state index contributed by atoms with van der Waals surface area (Å²) in [6.07, 6.45) is 11.4. The van der Waals surface area contributed by atoms with Gasteiger partial charge in [-0.25, -0.2) is 4.98 Å². The molecule has 0 saturated carbocycles. The van der Waals surface area contributed by atoms with Gasteiger partial charge in [0.2, 0.25) is 5.95 Å². The summed E-state index contributed by atoms with van der Waals surface area (Å²) < 4.78 is 5.02. The minimum Gasteiger partial charge on any atom is -0.385 e. The molecule has 116 valence electrons. The van der Waals surface area contributed by atoms with Gasteiger partial charge >= 0.3 is 0 Å². The molecule has 5 nitrogen and oxygen atoms in total. The molecule has 1 aromatic heterocycles. The maximum absolute atomic E-state index is 5.02. The van der Waals surface area contributed by atoms with Crippen LogP contribution in [0, 0.1) is 0 Å². The number of rotatable bonds is 9. The summed E-state index contributed by atoms with van der Waals surface area (Å²) in [6, 6.07) is 1.89. The minimum atomic E-state index is 0.697. The van der Waals surface area contributed by atoms with Crippen LogP contribution < -0.4 is 10.6 Å². The molecule has 0 aliphatic heterocycles. The zero-order valence-corrected chi connectivity index (χ0v) is 12.9. The van der Waals surface area contributed by atoms with Crippen molar-refractivity contribution in [3.63, 3.8) is 0 Å². The highest BCUT2D eigenvalue weighted by atomic mass is 16.5. The molecule has 1 aromatic rings. The Morgan fingerprint density at radius 3 is 3.00 bits per heavy atom. The molecule has 1 aliphatic carbocycles. The Labute approximate surface area is 127 Å². The fourth-order valence-electron chi connectivity index (χ4n) is 2.44. The lowest BCUT2D eigenvalue weighted by Crippen LogP contribution is -2.10. The van der Waals surface area contributed by atoms with Crippen LogP contribution in [0.1, 0.15) is 38.5 Å². The van der Waals surface area contributed by atoms with Gasteiger partial charge in [-0.1, -0.05) is 11.6 Å². The van der Waals surface area contributed by atoms with Crippen molar-refractivity contribution in [3.05, 3.63) is 23.9 Å². The number of allylic oxidation sites excluding steroid dienone is 1. The molecule has 0 aromatic carbocycles. The van der Waals surface area contributed by atoms with E-state index in [1.807, 2.05) is 6.07 Å². The molecule has 2 N–H and O–H groups in total. The average molecular weight is 290 g/mol. The molecule has 0 saturated heterocycles. The molecule has 21 heavy (non-hydrogen) atoms. The number of methoxy groups -OCH3 is 1. The fourth-order valence-corrected chi connectivity index (χ4v) is 2.44. The highest BCUT2D eigenvalue weighted by Gasteiger charge is 2.04. The molecule has 0 bridgehead atoms. The Balaban J connectivity index is 1.71. The maximum atomic E-state index is 5.02. The van der Waals surface area contributed by atoms with E-state index in [1.165, 1.54) is 25.7 Å². The summed E-state index contributed by atoms with van der Waals surface area (Å²) in [6.45, 7) is 2.52. The van der Waals surface area contributed by atoms with Gasteiger partial charge in [-0.15, -0.1) is 0 Å². The summed E-state index contributed by atoms with van der Waals surface area (Å²) in [4.78, 5) is 8.72. The van der Waals surface area contributed by atoms with Gasteiger partial charge in [-0.05, 0) is 44.6 Å². The van der Waals surface area contributed by atoms with Crippen molar-refractivity contribution in [2.75, 3.05) is 37.4 Å². The van der Waals surface area contributed by atoms with Crippen LogP contribution in [0.5, 0.6) is 0 Å². The smallest absolute Gasteiger partial charge is 0.224 e. The standard InChI is InChI=1S/C16H26N4O/c1-21-13-5-10-17-15-9-12-19-16(20-15)18-11-8-14-6-3-2-4-7-14/h6,9,12H,2-5,7-8,10-11,13H2,1H3,(H2,17,18,19,20). The lowest BCUT2D eigenvalue weighted by Gasteiger charge is -2.13. The van der Waals surface area contributed by atoms with E-state index in [0.29, 0.717) is 5.95 Å². The maximum Gasteiger partial charge on any atom is 0.224 e. The monoisotopic (exact) mass is 290 g/mol. The van der Waals surface area contributed by atoms with Crippen LogP contribution in [0.2, 0.25) is 0 Å². The molecule has 0 atom stereocenters. The number of aromatic nitrogens is 2. The Morgan fingerprint density at radius 2 is 2.19 bits per heavy atom. The van der Waals surface area contributed by atoms with Crippen molar-refractivity contribution < 1.29 is 4.74 Å². The first-order chi connectivity index (χ1) is 10.4. The van der Waals surface area contributed by atoms with E-state index in [2.05, 4.69) is 26.7 Å². The lowest BCUT2D eigenvalue weighted by molar-refractivity contribution is 0.198. The van der Waals surface area contributed by atoms with E-state index in [4.69, 9.17) is 4.74 Å². The third-order valence-electron chi connectivity index (χ3n) is 3.60. The predicted molar refractivity (Wildman–Crippen MR) is 86.7 cm³/mol. The third kappa shape index (κ3) is 6.12. The van der Waals surface area contributed by atoms with E-state index in [9.17, 15) is 0 Å². The number of nitrogens with zero attached hydrogens (tertiary/aromatic N) is 2. The van der Waals surface area contributed by atoms with E-state index in [1.54, 1.807) is 18.9 Å². The van der Waals surface area contributed by atoms with Crippen molar-refractivity contribution in [2.45, 2.75) is 38.5 Å². The van der Waals surface area contributed by atoms with Crippen LogP contribution in [-0.4, -0.2) is 36.8 Å². The van der Waals surface area contributed by atoms with Gasteiger partial charge in [0.15, 0.2) is 0 Å². The van der Waals surface area contributed by atoms with E-state index in [-0.39, 0.29) is 0 Å². The Morgan fingerprint density at radius 1 is 1.24 bits per heavy atom. The zero-order valence-electron chi connectivity index (χ0n) is 12.9. The second-order valence-corrected chi connectivity index (χ2v) is 5.32. The van der Waals surface area contributed by atoms with E-state index < -0.39 is 0 Å². The summed E-state index contributed by atoms with van der Waals surface area (Å²) in [5.41, 5.74) is 1.57. The van der Waals surface area contributed by atoms with Crippen LogP contribution in [0.25, 0.3) is 0 Å². The molecular weight excluding hydrogens is 264 g/mol. The van der Waals surface area contributed by atoms with Gasteiger partial charge in [0.25, 0.3) is 0 Å². The normalized spacial score (nSPS) is 14.6. The number of hydrogen-bond acceptors (Lipinski definition) is 5. The van der Waals surface area contributed by atoms with E-state index in [0.717, 1.165) is 38.4 Å². The molecular formula is C16H26N4O. The van der Waals surface area contributed by atoms with Gasteiger partial charge in [0.1, 0.15) is 5.82 Å². The molecule has 0 amide bonds. The molecule has 2 rings (SSSR count). The second kappa shape index (κ2) is 9.34. The summed E-state index contributed by atoms with van der Waals surface area (Å²) >= 11 is 0. The van der Waals surface area contributed by atoms with Crippen molar-refractivity contribution >= 4 is 11.8 Å². The van der Waals surface area contributed by atoms with Crippen LogP contribution >= 0.6 is 0 Å². The first kappa shape index (κ1) is 15.8. The summed E-state index contributed by atoms with van der Waals surface area (Å²) in [7, 11) is 1.72. The lowest BCUT2D eigenvalue weighted by atomic mass is 9.97. The molecule has 5 heteroatoms. The number of nitrogens with one attached hydrogen (secondary N) is 2. The van der Waals surface area contributed by atoms with E-state index >= 15 is 0 Å². The quantitative estimate of drug-likeness (QED) is 0.540. The van der Waals surface area contributed by atoms with Gasteiger partial charge in [-0.3, -0.25) is 0 Å². The first-order valence-corrected chi connectivity index (χ1v) is 7.86. The fraction of sp³-hybridized carbons (Fsp3) is 0.625. The van der Waals surface area contributed by atoms with Gasteiger partial charge in [0, 0.05) is 33.0 Å². The van der Waals surface area contributed by atoms with Crippen molar-refractivity contribution in [3.8, 4) is 0 Å². The summed E-state index contributed by atoms with van der Waals surface area (Å²) in [5, 5.41) is 6.58. The molecule has 0 spiro atoms. The molecule has 0 unspecified atom stereocenters. The Hall–Kier alpha value is -1.62. The number of ether oxygens (including phenoxy) is 1. The molecule has 0 radical (unpaired) electrons. The van der Waals surface area contributed by atoms with Crippen molar-refractivity contribution in [2.24, 2.45) is 0 Å². The van der Waals surface area contributed by atoms with Gasteiger partial charge < -0.3 is 15.4 Å². The van der Waals surface area contributed by atoms with Crippen LogP contribution in [0.15, 0.2) is 23.9 Å². The van der Waals surface area contributed by atoms with Crippen LogP contribution in [-0.2, 0) is 4.74 Å². The second-order valence-electron chi connectivity index (χ2n) is 5.32.